The average Bonchev–Trinajstić information content (AvgIpc) is 2.82. The van der Waals surface area contributed by atoms with Gasteiger partial charge in [0.05, 0.1) is 0 Å². The summed E-state index contributed by atoms with van der Waals surface area (Å²) in [6, 6.07) is 20.9. The summed E-state index contributed by atoms with van der Waals surface area (Å²) in [7, 11) is 0. The molecule has 0 fully saturated rings. The zero-order valence-corrected chi connectivity index (χ0v) is 16.0. The van der Waals surface area contributed by atoms with E-state index >= 15 is 0 Å². The van der Waals surface area contributed by atoms with Gasteiger partial charge < -0.3 is 4.57 Å². The average molecular weight is 450 g/mol. The smallest absolute Gasteiger partial charge is 0.0495 e. The molecule has 4 aromatic rings. The van der Waals surface area contributed by atoms with Crippen molar-refractivity contribution in [2.45, 2.75) is 6.54 Å². The molecular formula is C19H12Br2ClN. The van der Waals surface area contributed by atoms with Gasteiger partial charge in [-0.15, -0.1) is 0 Å². The Morgan fingerprint density at radius 3 is 1.78 bits per heavy atom. The first-order chi connectivity index (χ1) is 11.1. The van der Waals surface area contributed by atoms with Gasteiger partial charge in [-0.3, -0.25) is 0 Å². The van der Waals surface area contributed by atoms with Crippen molar-refractivity contribution in [2.24, 2.45) is 0 Å². The van der Waals surface area contributed by atoms with Crippen LogP contribution in [0.4, 0.5) is 0 Å². The van der Waals surface area contributed by atoms with E-state index in [0.29, 0.717) is 0 Å². The van der Waals surface area contributed by atoms with Crippen molar-refractivity contribution < 1.29 is 0 Å². The standard InChI is InChI=1S/C19H12Br2ClN/c20-13-3-7-18-16(9-13)17-10-14(21)4-8-19(17)23(18)11-12-1-5-15(22)6-2-12/h1-10H,11H2. The van der Waals surface area contributed by atoms with E-state index in [9.17, 15) is 0 Å². The molecule has 1 heterocycles. The Morgan fingerprint density at radius 2 is 1.26 bits per heavy atom. The summed E-state index contributed by atoms with van der Waals surface area (Å²) >= 11 is 13.2. The minimum Gasteiger partial charge on any atom is -0.336 e. The predicted molar refractivity (Wildman–Crippen MR) is 105 cm³/mol. The van der Waals surface area contributed by atoms with Gasteiger partial charge in [0.2, 0.25) is 0 Å². The van der Waals surface area contributed by atoms with E-state index in [1.807, 2.05) is 12.1 Å². The summed E-state index contributed by atoms with van der Waals surface area (Å²) in [6.45, 7) is 0.820. The summed E-state index contributed by atoms with van der Waals surface area (Å²) in [5.74, 6) is 0. The molecule has 0 amide bonds. The fourth-order valence-electron chi connectivity index (χ4n) is 2.99. The third kappa shape index (κ3) is 2.82. The molecule has 0 saturated carbocycles. The number of halogens is 3. The molecule has 0 N–H and O–H groups in total. The SMILES string of the molecule is Clc1ccc(Cn2c3ccc(Br)cc3c3cc(Br)ccc32)cc1. The molecule has 0 aliphatic carbocycles. The van der Waals surface area contributed by atoms with E-state index in [1.165, 1.54) is 27.4 Å². The summed E-state index contributed by atoms with van der Waals surface area (Å²) in [5.41, 5.74) is 3.70. The molecule has 23 heavy (non-hydrogen) atoms. The van der Waals surface area contributed by atoms with Crippen molar-refractivity contribution in [1.82, 2.24) is 4.57 Å². The minimum absolute atomic E-state index is 0.767. The first-order valence-corrected chi connectivity index (χ1v) is 9.20. The topological polar surface area (TPSA) is 4.93 Å². The summed E-state index contributed by atoms with van der Waals surface area (Å²) < 4.78 is 4.54. The van der Waals surface area contributed by atoms with Crippen LogP contribution < -0.4 is 0 Å². The molecule has 4 rings (SSSR count). The second-order valence-corrected chi connectivity index (χ2v) is 7.80. The highest BCUT2D eigenvalue weighted by Gasteiger charge is 2.11. The number of nitrogens with zero attached hydrogens (tertiary/aromatic N) is 1. The van der Waals surface area contributed by atoms with Crippen molar-refractivity contribution >= 4 is 65.3 Å². The fraction of sp³-hybridized carbons (Fsp3) is 0.0526. The maximum atomic E-state index is 6.00. The van der Waals surface area contributed by atoms with Crippen LogP contribution in [0.3, 0.4) is 0 Å². The minimum atomic E-state index is 0.767. The van der Waals surface area contributed by atoms with Crippen molar-refractivity contribution in [3.05, 3.63) is 80.2 Å². The molecule has 3 aromatic carbocycles. The molecule has 0 aliphatic rings. The number of hydrogen-bond acceptors (Lipinski definition) is 0. The third-order valence-electron chi connectivity index (χ3n) is 4.04. The number of benzene rings is 3. The number of fused-ring (bicyclic) bond motifs is 3. The lowest BCUT2D eigenvalue weighted by molar-refractivity contribution is 0.869. The number of aromatic nitrogens is 1. The highest BCUT2D eigenvalue weighted by atomic mass is 79.9. The second kappa shape index (κ2) is 5.97. The van der Waals surface area contributed by atoms with Gasteiger partial charge in [-0.05, 0) is 54.1 Å². The van der Waals surface area contributed by atoms with Crippen LogP contribution in [-0.4, -0.2) is 4.57 Å². The van der Waals surface area contributed by atoms with Crippen molar-refractivity contribution in [3.8, 4) is 0 Å². The first kappa shape index (κ1) is 15.3. The fourth-order valence-corrected chi connectivity index (χ4v) is 3.84. The number of hydrogen-bond donors (Lipinski definition) is 0. The van der Waals surface area contributed by atoms with Crippen LogP contribution in [0.5, 0.6) is 0 Å². The molecular weight excluding hydrogens is 437 g/mol. The molecule has 1 nitrogen and oxygen atoms in total. The molecule has 0 bridgehead atoms. The Morgan fingerprint density at radius 1 is 0.739 bits per heavy atom. The van der Waals surface area contributed by atoms with Gasteiger partial charge in [-0.2, -0.15) is 0 Å². The quantitative estimate of drug-likeness (QED) is 0.310. The summed E-state index contributed by atoms with van der Waals surface area (Å²) in [4.78, 5) is 0. The Bertz CT molecular complexity index is 960. The van der Waals surface area contributed by atoms with Crippen LogP contribution in [0.2, 0.25) is 5.02 Å². The van der Waals surface area contributed by atoms with Crippen LogP contribution in [-0.2, 0) is 6.54 Å². The number of rotatable bonds is 2. The Balaban J connectivity index is 1.97. The molecule has 0 spiro atoms. The molecule has 1 aromatic heterocycles. The van der Waals surface area contributed by atoms with Gasteiger partial charge in [0.25, 0.3) is 0 Å². The molecule has 0 saturated heterocycles. The van der Waals surface area contributed by atoms with Gasteiger partial charge in [-0.1, -0.05) is 55.6 Å². The lowest BCUT2D eigenvalue weighted by atomic mass is 10.2. The highest BCUT2D eigenvalue weighted by molar-refractivity contribution is 9.10. The van der Waals surface area contributed by atoms with Gasteiger partial charge in [0.1, 0.15) is 0 Å². The van der Waals surface area contributed by atoms with Crippen molar-refractivity contribution in [3.63, 3.8) is 0 Å². The lowest BCUT2D eigenvalue weighted by Crippen LogP contribution is -1.99. The van der Waals surface area contributed by atoms with Crippen LogP contribution >= 0.6 is 43.5 Å². The third-order valence-corrected chi connectivity index (χ3v) is 5.28. The van der Waals surface area contributed by atoms with Crippen LogP contribution in [0.15, 0.2) is 69.6 Å². The lowest BCUT2D eigenvalue weighted by Gasteiger charge is -2.08. The first-order valence-electron chi connectivity index (χ1n) is 7.23. The normalized spacial score (nSPS) is 11.4. The van der Waals surface area contributed by atoms with E-state index in [-0.39, 0.29) is 0 Å². The van der Waals surface area contributed by atoms with E-state index < -0.39 is 0 Å². The van der Waals surface area contributed by atoms with Gasteiger partial charge in [-0.25, -0.2) is 0 Å². The Kier molecular flexibility index (Phi) is 3.96. The van der Waals surface area contributed by atoms with Crippen LogP contribution in [0, 0.1) is 0 Å². The summed E-state index contributed by atoms with van der Waals surface area (Å²) in [5, 5.41) is 3.28. The Labute approximate surface area is 156 Å². The van der Waals surface area contributed by atoms with Crippen molar-refractivity contribution in [2.75, 3.05) is 0 Å². The van der Waals surface area contributed by atoms with E-state index in [2.05, 4.69) is 85.0 Å². The Hall–Kier alpha value is -1.29. The van der Waals surface area contributed by atoms with Gasteiger partial charge in [0, 0.05) is 42.3 Å². The predicted octanol–water partition coefficient (Wildman–Crippen LogP) is 7.02. The molecule has 4 heteroatoms. The zero-order chi connectivity index (χ0) is 16.0. The molecule has 0 unspecified atom stereocenters. The summed E-state index contributed by atoms with van der Waals surface area (Å²) in [6.07, 6.45) is 0. The van der Waals surface area contributed by atoms with Gasteiger partial charge in [0.15, 0.2) is 0 Å². The zero-order valence-electron chi connectivity index (χ0n) is 12.1. The maximum absolute atomic E-state index is 6.00. The van der Waals surface area contributed by atoms with E-state index in [1.54, 1.807) is 0 Å². The molecule has 0 aliphatic heterocycles. The highest BCUT2D eigenvalue weighted by Crippen LogP contribution is 2.33. The molecule has 114 valence electrons. The van der Waals surface area contributed by atoms with Crippen molar-refractivity contribution in [1.29, 1.82) is 0 Å². The monoisotopic (exact) mass is 447 g/mol. The molecule has 0 atom stereocenters. The van der Waals surface area contributed by atoms with E-state index in [0.717, 1.165) is 20.5 Å². The van der Waals surface area contributed by atoms with Crippen LogP contribution in [0.25, 0.3) is 21.8 Å². The maximum Gasteiger partial charge on any atom is 0.0495 e. The second-order valence-electron chi connectivity index (χ2n) is 5.54. The van der Waals surface area contributed by atoms with Crippen LogP contribution in [0.1, 0.15) is 5.56 Å². The van der Waals surface area contributed by atoms with E-state index in [4.69, 9.17) is 11.6 Å². The molecule has 0 radical (unpaired) electrons. The largest absolute Gasteiger partial charge is 0.336 e. The van der Waals surface area contributed by atoms with Gasteiger partial charge >= 0.3 is 0 Å².